The van der Waals surface area contributed by atoms with Gasteiger partial charge in [-0.15, -0.1) is 0 Å². The van der Waals surface area contributed by atoms with Gasteiger partial charge >= 0.3 is 0 Å². The van der Waals surface area contributed by atoms with Gasteiger partial charge in [0.15, 0.2) is 11.6 Å². The maximum absolute atomic E-state index is 16.3. The number of carbonyl (C=O) groups excluding carboxylic acids is 1. The standard InChI is InChI=1S/C34H28F2N10O/c1-46(2)11-10-38-23-13-20(12-22(35)15-23)30-31-25(8-9-39-30)42-33(43-31)32-27-26(44-45-32)18-40-29(28(27)36)21-14-24(17-37-16-21)41-34(47)19-6-4-3-5-7-19/h3-9,12-18,38H,10-11H2,1-2H3,(H,41,47)(H,42,43)(H,44,45). The summed E-state index contributed by atoms with van der Waals surface area (Å²) in [5.41, 5.74) is 4.56. The molecular formula is C34H28F2N10O. The predicted molar refractivity (Wildman–Crippen MR) is 177 cm³/mol. The Bertz CT molecular complexity index is 2250. The largest absolute Gasteiger partial charge is 0.384 e. The van der Waals surface area contributed by atoms with Crippen LogP contribution in [0, 0.1) is 11.6 Å². The molecule has 0 saturated carbocycles. The number of anilines is 2. The fourth-order valence-corrected chi connectivity index (χ4v) is 5.29. The van der Waals surface area contributed by atoms with Gasteiger partial charge in [0.05, 0.1) is 40.2 Å². The Balaban J connectivity index is 1.24. The minimum atomic E-state index is -0.642. The number of aromatic nitrogens is 7. The van der Waals surface area contributed by atoms with Crippen LogP contribution in [0.25, 0.3) is 56.0 Å². The predicted octanol–water partition coefficient (Wildman–Crippen LogP) is 6.13. The number of hydrogen-bond donors (Lipinski definition) is 4. The molecule has 5 aromatic heterocycles. The van der Waals surface area contributed by atoms with Gasteiger partial charge < -0.3 is 20.5 Å². The van der Waals surface area contributed by atoms with Crippen molar-refractivity contribution in [2.24, 2.45) is 0 Å². The molecule has 0 atom stereocenters. The SMILES string of the molecule is CN(C)CCNc1cc(F)cc(-c2nccc3[nH]c(-c4n[nH]c5cnc(-c6cncc(NC(=O)c7ccccc7)c6)c(F)c45)nc23)c1. The number of hydrogen-bond acceptors (Lipinski definition) is 8. The lowest BCUT2D eigenvalue weighted by Crippen LogP contribution is -2.20. The van der Waals surface area contributed by atoms with Gasteiger partial charge in [0.1, 0.15) is 22.7 Å². The number of likely N-dealkylation sites (N-methyl/N-ethyl adjacent to an activating group) is 1. The van der Waals surface area contributed by atoms with E-state index in [0.717, 1.165) is 6.54 Å². The van der Waals surface area contributed by atoms with Crippen molar-refractivity contribution in [2.75, 3.05) is 37.8 Å². The van der Waals surface area contributed by atoms with Crippen LogP contribution in [-0.2, 0) is 0 Å². The molecule has 0 spiro atoms. The molecule has 11 nitrogen and oxygen atoms in total. The highest BCUT2D eigenvalue weighted by Crippen LogP contribution is 2.35. The molecule has 4 N–H and O–H groups in total. The summed E-state index contributed by atoms with van der Waals surface area (Å²) in [4.78, 5) is 35.7. The van der Waals surface area contributed by atoms with Gasteiger partial charge in [0, 0.05) is 47.9 Å². The summed E-state index contributed by atoms with van der Waals surface area (Å²) in [5.74, 6) is -1.08. The lowest BCUT2D eigenvalue weighted by molar-refractivity contribution is 0.102. The van der Waals surface area contributed by atoms with Gasteiger partial charge in [0.2, 0.25) is 0 Å². The summed E-state index contributed by atoms with van der Waals surface area (Å²) >= 11 is 0. The molecular weight excluding hydrogens is 602 g/mol. The highest BCUT2D eigenvalue weighted by molar-refractivity contribution is 6.04. The Hall–Kier alpha value is -6.08. The number of H-pyrrole nitrogens is 2. The van der Waals surface area contributed by atoms with Gasteiger partial charge in [-0.25, -0.2) is 13.8 Å². The average Bonchev–Trinajstić information content (AvgIpc) is 3.70. The zero-order valence-corrected chi connectivity index (χ0v) is 25.3. The molecule has 0 bridgehead atoms. The van der Waals surface area contributed by atoms with Crippen molar-refractivity contribution in [3.05, 3.63) is 103 Å². The third-order valence-electron chi connectivity index (χ3n) is 7.53. The van der Waals surface area contributed by atoms with Crippen LogP contribution in [0.4, 0.5) is 20.2 Å². The Morgan fingerprint density at radius 2 is 1.70 bits per heavy atom. The lowest BCUT2D eigenvalue weighted by atomic mass is 10.1. The Labute approximate surface area is 267 Å². The van der Waals surface area contributed by atoms with Crippen LogP contribution in [0.3, 0.4) is 0 Å². The van der Waals surface area contributed by atoms with Gasteiger partial charge in [0.25, 0.3) is 5.91 Å². The summed E-state index contributed by atoms with van der Waals surface area (Å²) in [6.07, 6.45) is 6.03. The molecule has 0 aliphatic rings. The van der Waals surface area contributed by atoms with Crippen molar-refractivity contribution >= 4 is 39.2 Å². The zero-order valence-electron chi connectivity index (χ0n) is 25.3. The molecule has 2 aromatic carbocycles. The first-order valence-corrected chi connectivity index (χ1v) is 14.7. The van der Waals surface area contributed by atoms with Crippen molar-refractivity contribution in [1.29, 1.82) is 0 Å². The topological polar surface area (TPSA) is 140 Å². The first kappa shape index (κ1) is 29.6. The van der Waals surface area contributed by atoms with E-state index >= 15 is 4.39 Å². The summed E-state index contributed by atoms with van der Waals surface area (Å²) in [6, 6.07) is 16.7. The van der Waals surface area contributed by atoms with Crippen LogP contribution < -0.4 is 10.6 Å². The molecule has 0 aliphatic carbocycles. The monoisotopic (exact) mass is 630 g/mol. The number of imidazole rings is 1. The molecule has 234 valence electrons. The van der Waals surface area contributed by atoms with E-state index in [1.165, 1.54) is 30.7 Å². The quantitative estimate of drug-likeness (QED) is 0.149. The zero-order chi connectivity index (χ0) is 32.5. The van der Waals surface area contributed by atoms with Crippen molar-refractivity contribution < 1.29 is 13.6 Å². The highest BCUT2D eigenvalue weighted by atomic mass is 19.1. The van der Waals surface area contributed by atoms with Gasteiger partial charge in [-0.1, -0.05) is 18.2 Å². The van der Waals surface area contributed by atoms with Gasteiger partial charge in [-0.05, 0) is 56.6 Å². The smallest absolute Gasteiger partial charge is 0.255 e. The number of amides is 1. The van der Waals surface area contributed by atoms with E-state index in [4.69, 9.17) is 4.98 Å². The Morgan fingerprint density at radius 1 is 0.872 bits per heavy atom. The number of rotatable bonds is 9. The molecule has 5 heterocycles. The van der Waals surface area contributed by atoms with Crippen molar-refractivity contribution in [1.82, 2.24) is 40.0 Å². The summed E-state index contributed by atoms with van der Waals surface area (Å²) in [7, 11) is 3.93. The van der Waals surface area contributed by atoms with E-state index in [1.54, 1.807) is 42.6 Å². The number of nitrogens with zero attached hydrogens (tertiary/aromatic N) is 6. The lowest BCUT2D eigenvalue weighted by Gasteiger charge is -2.12. The van der Waals surface area contributed by atoms with E-state index in [1.807, 2.05) is 31.1 Å². The second-order valence-electron chi connectivity index (χ2n) is 11.2. The van der Waals surface area contributed by atoms with Crippen LogP contribution in [0.2, 0.25) is 0 Å². The molecule has 0 aliphatic heterocycles. The minimum Gasteiger partial charge on any atom is -0.384 e. The van der Waals surface area contributed by atoms with Crippen LogP contribution in [-0.4, -0.2) is 73.1 Å². The number of aromatic amines is 2. The van der Waals surface area contributed by atoms with E-state index in [2.05, 4.69) is 40.8 Å². The maximum atomic E-state index is 16.3. The summed E-state index contributed by atoms with van der Waals surface area (Å²) < 4.78 is 31.0. The van der Waals surface area contributed by atoms with E-state index in [9.17, 15) is 9.18 Å². The minimum absolute atomic E-state index is 0.0241. The normalized spacial score (nSPS) is 11.4. The van der Waals surface area contributed by atoms with Crippen molar-refractivity contribution in [2.45, 2.75) is 0 Å². The third-order valence-corrected chi connectivity index (χ3v) is 7.53. The fourth-order valence-electron chi connectivity index (χ4n) is 5.29. The van der Waals surface area contributed by atoms with Crippen LogP contribution in [0.1, 0.15) is 10.4 Å². The molecule has 0 radical (unpaired) electrons. The third kappa shape index (κ3) is 5.99. The van der Waals surface area contributed by atoms with Crippen LogP contribution >= 0.6 is 0 Å². The fraction of sp³-hybridized carbons (Fsp3) is 0.118. The van der Waals surface area contributed by atoms with E-state index in [0.29, 0.717) is 62.7 Å². The first-order chi connectivity index (χ1) is 22.8. The Morgan fingerprint density at radius 3 is 2.53 bits per heavy atom. The maximum Gasteiger partial charge on any atom is 0.255 e. The second-order valence-corrected chi connectivity index (χ2v) is 11.2. The molecule has 0 unspecified atom stereocenters. The molecule has 47 heavy (non-hydrogen) atoms. The highest BCUT2D eigenvalue weighted by Gasteiger charge is 2.22. The number of pyridine rings is 3. The summed E-state index contributed by atoms with van der Waals surface area (Å²) in [5, 5.41) is 13.4. The Kier molecular flexibility index (Phi) is 7.80. The molecule has 7 rings (SSSR count). The summed E-state index contributed by atoms with van der Waals surface area (Å²) in [6.45, 7) is 1.41. The number of fused-ring (bicyclic) bond motifs is 2. The average molecular weight is 631 g/mol. The molecule has 7 aromatic rings. The number of carbonyl (C=O) groups is 1. The number of benzene rings is 2. The number of nitrogens with one attached hydrogen (secondary N) is 4. The first-order valence-electron chi connectivity index (χ1n) is 14.7. The molecule has 0 fully saturated rings. The van der Waals surface area contributed by atoms with Crippen molar-refractivity contribution in [3.63, 3.8) is 0 Å². The molecule has 13 heteroatoms. The second kappa shape index (κ2) is 12.4. The van der Waals surface area contributed by atoms with E-state index < -0.39 is 11.6 Å². The molecule has 0 saturated heterocycles. The van der Waals surface area contributed by atoms with E-state index in [-0.39, 0.29) is 22.7 Å². The molecule has 1 amide bonds. The van der Waals surface area contributed by atoms with Gasteiger partial charge in [-0.2, -0.15) is 5.10 Å². The van der Waals surface area contributed by atoms with Gasteiger partial charge in [-0.3, -0.25) is 24.8 Å². The van der Waals surface area contributed by atoms with Crippen molar-refractivity contribution in [3.8, 4) is 34.0 Å². The van der Waals surface area contributed by atoms with Crippen LogP contribution in [0.15, 0.2) is 85.5 Å². The number of halogens is 2. The van der Waals surface area contributed by atoms with Crippen LogP contribution in [0.5, 0.6) is 0 Å².